The van der Waals surface area contributed by atoms with Crippen LogP contribution in [0.25, 0.3) is 0 Å². The van der Waals surface area contributed by atoms with Crippen LogP contribution < -0.4 is 34.7 Å². The maximum atomic E-state index is 10.3. The Kier molecular flexibility index (Phi) is 5.66. The molecule has 0 aromatic heterocycles. The molecule has 1 aromatic carbocycles. The molecule has 0 spiro atoms. The number of rotatable bonds is 2. The molecular weight excluding hydrogens is 183 g/mol. The summed E-state index contributed by atoms with van der Waals surface area (Å²) in [6.07, 6.45) is 0. The topological polar surface area (TPSA) is 40.1 Å². The normalized spacial score (nSPS) is 11.4. The van der Waals surface area contributed by atoms with E-state index in [1.165, 1.54) is 0 Å². The molecule has 1 rings (SSSR count). The van der Waals surface area contributed by atoms with Gasteiger partial charge in [-0.25, -0.2) is 0 Å². The summed E-state index contributed by atoms with van der Waals surface area (Å²) in [4.78, 5) is 10.3. The third-order valence-electron chi connectivity index (χ3n) is 1.34. The van der Waals surface area contributed by atoms with Gasteiger partial charge < -0.3 is 9.90 Å². The van der Waals surface area contributed by atoms with Gasteiger partial charge in [0.1, 0.15) is 0 Å². The molecule has 12 heavy (non-hydrogen) atoms. The minimum atomic E-state index is -1.17. The van der Waals surface area contributed by atoms with E-state index < -0.39 is 11.2 Å². The first-order valence-corrected chi connectivity index (χ1v) is 3.67. The molecule has 0 radical (unpaired) electrons. The van der Waals surface area contributed by atoms with E-state index in [2.05, 4.69) is 12.6 Å². The second-order valence-corrected chi connectivity index (χ2v) is 2.65. The minimum Gasteiger partial charge on any atom is -0.549 e. The van der Waals surface area contributed by atoms with Gasteiger partial charge in [0.25, 0.3) is 0 Å². The van der Waals surface area contributed by atoms with Gasteiger partial charge in [0.05, 0.1) is 11.2 Å². The average molecular weight is 190 g/mol. The molecule has 0 aliphatic heterocycles. The first kappa shape index (κ1) is 12.0. The van der Waals surface area contributed by atoms with Crippen molar-refractivity contribution in [2.24, 2.45) is 0 Å². The van der Waals surface area contributed by atoms with Crippen molar-refractivity contribution in [3.05, 3.63) is 35.9 Å². The van der Waals surface area contributed by atoms with E-state index in [0.717, 1.165) is 0 Å². The zero-order valence-corrected chi connectivity index (χ0v) is 9.62. The van der Waals surface area contributed by atoms with Crippen LogP contribution in [-0.4, -0.2) is 5.97 Å². The van der Waals surface area contributed by atoms with Crippen molar-refractivity contribution in [1.29, 1.82) is 0 Å². The largest absolute Gasteiger partial charge is 1.00 e. The van der Waals surface area contributed by atoms with Gasteiger partial charge >= 0.3 is 29.6 Å². The van der Waals surface area contributed by atoms with Gasteiger partial charge in [-0.3, -0.25) is 0 Å². The van der Waals surface area contributed by atoms with Crippen molar-refractivity contribution < 1.29 is 39.5 Å². The molecule has 4 heteroatoms. The summed E-state index contributed by atoms with van der Waals surface area (Å²) >= 11 is 3.85. The molecule has 1 atom stereocenters. The first-order valence-electron chi connectivity index (χ1n) is 3.15. The van der Waals surface area contributed by atoms with Crippen LogP contribution in [0, 0.1) is 0 Å². The van der Waals surface area contributed by atoms with Gasteiger partial charge in [-0.15, -0.1) is 0 Å². The van der Waals surface area contributed by atoms with E-state index in [1.807, 2.05) is 6.07 Å². The van der Waals surface area contributed by atoms with E-state index in [0.29, 0.717) is 5.56 Å². The minimum absolute atomic E-state index is 0. The molecule has 0 heterocycles. The van der Waals surface area contributed by atoms with Gasteiger partial charge in [0.2, 0.25) is 0 Å². The van der Waals surface area contributed by atoms with Crippen LogP contribution in [0.15, 0.2) is 30.3 Å². The summed E-state index contributed by atoms with van der Waals surface area (Å²) in [7, 11) is 0. The van der Waals surface area contributed by atoms with Gasteiger partial charge in [0.15, 0.2) is 0 Å². The van der Waals surface area contributed by atoms with Crippen molar-refractivity contribution in [2.45, 2.75) is 5.25 Å². The fourth-order valence-electron chi connectivity index (χ4n) is 0.771. The van der Waals surface area contributed by atoms with Crippen LogP contribution in [0.3, 0.4) is 0 Å². The van der Waals surface area contributed by atoms with E-state index in [9.17, 15) is 9.90 Å². The van der Waals surface area contributed by atoms with E-state index in [1.54, 1.807) is 24.3 Å². The van der Waals surface area contributed by atoms with Crippen molar-refractivity contribution in [1.82, 2.24) is 0 Å². The number of carbonyl (C=O) groups is 1. The Balaban J connectivity index is 0.00000121. The number of hydrogen-bond acceptors (Lipinski definition) is 3. The molecule has 0 N–H and O–H groups in total. The van der Waals surface area contributed by atoms with Gasteiger partial charge in [-0.2, -0.15) is 12.6 Å². The number of carboxylic acid groups (broad SMARTS) is 1. The first-order chi connectivity index (χ1) is 5.22. The van der Waals surface area contributed by atoms with Gasteiger partial charge in [-0.05, 0) is 5.56 Å². The zero-order valence-electron chi connectivity index (χ0n) is 6.73. The molecule has 0 aliphatic carbocycles. The predicted octanol–water partition coefficient (Wildman–Crippen LogP) is -2.59. The average Bonchev–Trinajstić information content (AvgIpc) is 2.05. The molecule has 0 bridgehead atoms. The second-order valence-electron chi connectivity index (χ2n) is 2.13. The van der Waals surface area contributed by atoms with Crippen molar-refractivity contribution in [3.8, 4) is 0 Å². The fourth-order valence-corrected chi connectivity index (χ4v) is 0.944. The number of carbonyl (C=O) groups excluding carboxylic acids is 1. The monoisotopic (exact) mass is 190 g/mol. The summed E-state index contributed by atoms with van der Waals surface area (Å²) in [6.45, 7) is 0. The van der Waals surface area contributed by atoms with Crippen LogP contribution in [0.5, 0.6) is 0 Å². The zero-order chi connectivity index (χ0) is 8.27. The Labute approximate surface area is 98.7 Å². The van der Waals surface area contributed by atoms with Crippen LogP contribution >= 0.6 is 12.6 Å². The van der Waals surface area contributed by atoms with E-state index >= 15 is 0 Å². The Morgan fingerprint density at radius 1 is 1.33 bits per heavy atom. The number of aliphatic carboxylic acids is 1. The molecule has 0 unspecified atom stereocenters. The third kappa shape index (κ3) is 3.19. The Morgan fingerprint density at radius 3 is 2.25 bits per heavy atom. The molecular formula is C8H7NaO2S. The van der Waals surface area contributed by atoms with Crippen LogP contribution in [0.1, 0.15) is 10.8 Å². The second kappa shape index (κ2) is 5.65. The van der Waals surface area contributed by atoms with Crippen molar-refractivity contribution in [3.63, 3.8) is 0 Å². The summed E-state index contributed by atoms with van der Waals surface area (Å²) in [5.41, 5.74) is 0.649. The summed E-state index contributed by atoms with van der Waals surface area (Å²) < 4.78 is 0. The summed E-state index contributed by atoms with van der Waals surface area (Å²) in [5, 5.41) is 9.49. The number of carboxylic acids is 1. The summed E-state index contributed by atoms with van der Waals surface area (Å²) in [5.74, 6) is -1.17. The molecule has 2 nitrogen and oxygen atoms in total. The molecule has 0 aliphatic rings. The third-order valence-corrected chi connectivity index (χ3v) is 1.85. The number of thiol groups is 1. The maximum absolute atomic E-state index is 10.3. The Hall–Kier alpha value is 0.0400. The number of hydrogen-bond donors (Lipinski definition) is 1. The number of benzene rings is 1. The Bertz CT molecular complexity index is 250. The smallest absolute Gasteiger partial charge is 0.549 e. The molecule has 0 saturated heterocycles. The van der Waals surface area contributed by atoms with Gasteiger partial charge in [0, 0.05) is 0 Å². The molecule has 0 saturated carbocycles. The molecule has 58 valence electrons. The SMILES string of the molecule is O=C([O-])[C@H](S)c1ccccc1.[Na+]. The summed E-state index contributed by atoms with van der Waals surface area (Å²) in [6, 6.07) is 8.75. The maximum Gasteiger partial charge on any atom is 1.00 e. The van der Waals surface area contributed by atoms with Crippen LogP contribution in [0.2, 0.25) is 0 Å². The van der Waals surface area contributed by atoms with Crippen LogP contribution in [-0.2, 0) is 4.79 Å². The quantitative estimate of drug-likeness (QED) is 0.411. The molecule has 1 aromatic rings. The standard InChI is InChI=1S/C8H8O2S.Na/c9-8(10)7(11)6-4-2-1-3-5-6;/h1-5,7,11H,(H,9,10);/q;+1/p-1/t7-;/m1./s1. The molecule has 0 amide bonds. The van der Waals surface area contributed by atoms with E-state index in [-0.39, 0.29) is 29.6 Å². The van der Waals surface area contributed by atoms with Gasteiger partial charge in [-0.1, -0.05) is 30.3 Å². The van der Waals surface area contributed by atoms with E-state index in [4.69, 9.17) is 0 Å². The Morgan fingerprint density at radius 2 is 1.83 bits per heavy atom. The van der Waals surface area contributed by atoms with Crippen molar-refractivity contribution in [2.75, 3.05) is 0 Å². The van der Waals surface area contributed by atoms with Crippen molar-refractivity contribution >= 4 is 18.6 Å². The fraction of sp³-hybridized carbons (Fsp3) is 0.125. The predicted molar refractivity (Wildman–Crippen MR) is 43.2 cm³/mol. The van der Waals surface area contributed by atoms with Crippen LogP contribution in [0.4, 0.5) is 0 Å². The molecule has 0 fully saturated rings.